The molecule has 0 aliphatic rings. The van der Waals surface area contributed by atoms with Crippen LogP contribution < -0.4 is 4.72 Å². The molecule has 1 atom stereocenters. The summed E-state index contributed by atoms with van der Waals surface area (Å²) in [5, 5.41) is 0. The number of benzene rings is 1. The largest absolute Gasteiger partial charge is 0.279 e. The lowest BCUT2D eigenvalue weighted by Gasteiger charge is -2.22. The molecule has 0 fully saturated rings. The third-order valence-electron chi connectivity index (χ3n) is 2.80. The van der Waals surface area contributed by atoms with Gasteiger partial charge < -0.3 is 0 Å². The van der Waals surface area contributed by atoms with Gasteiger partial charge in [0.1, 0.15) is 11.6 Å². The Labute approximate surface area is 112 Å². The molecule has 108 valence electrons. The molecule has 0 aromatic heterocycles. The van der Waals surface area contributed by atoms with Gasteiger partial charge in [0.25, 0.3) is 10.2 Å². The van der Waals surface area contributed by atoms with Crippen molar-refractivity contribution in [3.8, 4) is 0 Å². The molecule has 0 amide bonds. The predicted octanol–water partition coefficient (Wildman–Crippen LogP) is 2.20. The lowest BCUT2D eigenvalue weighted by Crippen LogP contribution is -2.41. The normalized spacial score (nSPS) is 13.8. The van der Waals surface area contributed by atoms with Crippen molar-refractivity contribution < 1.29 is 17.2 Å². The second-order valence-electron chi connectivity index (χ2n) is 4.09. The SMILES string of the molecule is CCN(CC)S(=O)(=O)NC(C)c1ccc(F)cc1F. The van der Waals surface area contributed by atoms with E-state index in [9.17, 15) is 17.2 Å². The molecule has 1 unspecified atom stereocenters. The number of hydrogen-bond donors (Lipinski definition) is 1. The highest BCUT2D eigenvalue weighted by atomic mass is 32.2. The Morgan fingerprint density at radius 1 is 1.26 bits per heavy atom. The van der Waals surface area contributed by atoms with Crippen molar-refractivity contribution in [2.45, 2.75) is 26.8 Å². The number of halogens is 2. The minimum atomic E-state index is -3.67. The van der Waals surface area contributed by atoms with E-state index in [1.807, 2.05) is 0 Å². The smallest absolute Gasteiger partial charge is 0.207 e. The summed E-state index contributed by atoms with van der Waals surface area (Å²) < 4.78 is 53.9. The molecule has 0 bridgehead atoms. The van der Waals surface area contributed by atoms with Crippen LogP contribution in [0.3, 0.4) is 0 Å². The maximum absolute atomic E-state index is 13.6. The molecule has 0 heterocycles. The minimum Gasteiger partial charge on any atom is -0.207 e. The number of rotatable bonds is 6. The topological polar surface area (TPSA) is 49.4 Å². The van der Waals surface area contributed by atoms with Gasteiger partial charge in [0, 0.05) is 30.8 Å². The quantitative estimate of drug-likeness (QED) is 0.874. The summed E-state index contributed by atoms with van der Waals surface area (Å²) in [5.41, 5.74) is 0.108. The van der Waals surface area contributed by atoms with Gasteiger partial charge >= 0.3 is 0 Å². The fraction of sp³-hybridized carbons (Fsp3) is 0.500. The van der Waals surface area contributed by atoms with Gasteiger partial charge in [0.15, 0.2) is 0 Å². The maximum Gasteiger partial charge on any atom is 0.279 e. The Morgan fingerprint density at radius 2 is 1.84 bits per heavy atom. The number of nitrogens with zero attached hydrogens (tertiary/aromatic N) is 1. The summed E-state index contributed by atoms with van der Waals surface area (Å²) in [6.07, 6.45) is 0. The Kier molecular flexibility index (Phi) is 5.39. The van der Waals surface area contributed by atoms with Crippen molar-refractivity contribution in [3.05, 3.63) is 35.4 Å². The first-order chi connectivity index (χ1) is 8.81. The minimum absolute atomic E-state index is 0.108. The van der Waals surface area contributed by atoms with E-state index in [1.54, 1.807) is 13.8 Å². The summed E-state index contributed by atoms with van der Waals surface area (Å²) in [6, 6.07) is 2.30. The average molecular weight is 292 g/mol. The second-order valence-corrected chi connectivity index (χ2v) is 5.80. The summed E-state index contributed by atoms with van der Waals surface area (Å²) in [4.78, 5) is 0. The van der Waals surface area contributed by atoms with E-state index >= 15 is 0 Å². The van der Waals surface area contributed by atoms with Gasteiger partial charge in [-0.1, -0.05) is 19.9 Å². The lowest BCUT2D eigenvalue weighted by molar-refractivity contribution is 0.427. The van der Waals surface area contributed by atoms with Crippen LogP contribution in [0.4, 0.5) is 8.78 Å². The molecule has 1 rings (SSSR count). The van der Waals surface area contributed by atoms with Gasteiger partial charge in [0.2, 0.25) is 0 Å². The first-order valence-corrected chi connectivity index (χ1v) is 7.48. The van der Waals surface area contributed by atoms with Crippen LogP contribution in [0, 0.1) is 11.6 Å². The van der Waals surface area contributed by atoms with Crippen LogP contribution >= 0.6 is 0 Å². The molecular weight excluding hydrogens is 274 g/mol. The van der Waals surface area contributed by atoms with Crippen molar-refractivity contribution >= 4 is 10.2 Å². The third-order valence-corrected chi connectivity index (χ3v) is 4.65. The van der Waals surface area contributed by atoms with Crippen molar-refractivity contribution in [1.82, 2.24) is 9.03 Å². The van der Waals surface area contributed by atoms with E-state index < -0.39 is 27.9 Å². The Balaban J connectivity index is 2.93. The maximum atomic E-state index is 13.6. The highest BCUT2D eigenvalue weighted by Crippen LogP contribution is 2.19. The van der Waals surface area contributed by atoms with Gasteiger partial charge in [-0.3, -0.25) is 0 Å². The molecule has 0 radical (unpaired) electrons. The Hall–Kier alpha value is -1.05. The second kappa shape index (κ2) is 6.40. The molecule has 0 aliphatic heterocycles. The summed E-state index contributed by atoms with van der Waals surface area (Å²) in [6.45, 7) is 5.59. The van der Waals surface area contributed by atoms with Crippen molar-refractivity contribution in [2.24, 2.45) is 0 Å². The van der Waals surface area contributed by atoms with Crippen LogP contribution in [0.5, 0.6) is 0 Å². The monoisotopic (exact) mass is 292 g/mol. The molecule has 7 heteroatoms. The standard InChI is InChI=1S/C12H18F2N2O2S/c1-4-16(5-2)19(17,18)15-9(3)11-7-6-10(13)8-12(11)14/h6-9,15H,4-5H2,1-3H3. The van der Waals surface area contributed by atoms with E-state index in [0.717, 1.165) is 12.1 Å². The molecule has 1 N–H and O–H groups in total. The predicted molar refractivity (Wildman–Crippen MR) is 69.7 cm³/mol. The number of nitrogens with one attached hydrogen (secondary N) is 1. The molecule has 1 aromatic rings. The van der Waals surface area contributed by atoms with E-state index in [2.05, 4.69) is 4.72 Å². The van der Waals surface area contributed by atoms with Crippen molar-refractivity contribution in [1.29, 1.82) is 0 Å². The Morgan fingerprint density at radius 3 is 2.32 bits per heavy atom. The fourth-order valence-corrected chi connectivity index (χ4v) is 3.18. The summed E-state index contributed by atoms with van der Waals surface area (Å²) in [7, 11) is -3.67. The van der Waals surface area contributed by atoms with Crippen molar-refractivity contribution in [2.75, 3.05) is 13.1 Å². The molecule has 0 aliphatic carbocycles. The summed E-state index contributed by atoms with van der Waals surface area (Å²) in [5.74, 6) is -1.46. The van der Waals surface area contributed by atoms with E-state index in [0.29, 0.717) is 13.1 Å². The van der Waals surface area contributed by atoms with Crippen LogP contribution in [0.15, 0.2) is 18.2 Å². The van der Waals surface area contributed by atoms with Crippen LogP contribution in [-0.2, 0) is 10.2 Å². The zero-order chi connectivity index (χ0) is 14.6. The van der Waals surface area contributed by atoms with Crippen molar-refractivity contribution in [3.63, 3.8) is 0 Å². The first kappa shape index (κ1) is 16.0. The van der Waals surface area contributed by atoms with Crippen LogP contribution in [0.25, 0.3) is 0 Å². The number of hydrogen-bond acceptors (Lipinski definition) is 2. The highest BCUT2D eigenvalue weighted by Gasteiger charge is 2.23. The van der Waals surface area contributed by atoms with E-state index in [-0.39, 0.29) is 5.56 Å². The van der Waals surface area contributed by atoms with Gasteiger partial charge in [0.05, 0.1) is 0 Å². The average Bonchev–Trinajstić information content (AvgIpc) is 2.28. The van der Waals surface area contributed by atoms with Gasteiger partial charge in [-0.15, -0.1) is 0 Å². The zero-order valence-corrected chi connectivity index (χ0v) is 12.0. The van der Waals surface area contributed by atoms with Crippen LogP contribution in [-0.4, -0.2) is 25.8 Å². The highest BCUT2D eigenvalue weighted by molar-refractivity contribution is 7.87. The van der Waals surface area contributed by atoms with Gasteiger partial charge in [-0.05, 0) is 13.0 Å². The van der Waals surface area contributed by atoms with Crippen LogP contribution in [0.2, 0.25) is 0 Å². The molecule has 0 saturated heterocycles. The molecule has 0 spiro atoms. The zero-order valence-electron chi connectivity index (χ0n) is 11.2. The first-order valence-electron chi connectivity index (χ1n) is 6.04. The Bertz CT molecular complexity index is 531. The third kappa shape index (κ3) is 3.95. The molecule has 4 nitrogen and oxygen atoms in total. The van der Waals surface area contributed by atoms with Crippen LogP contribution in [0.1, 0.15) is 32.4 Å². The van der Waals surface area contributed by atoms with E-state index in [1.165, 1.54) is 17.3 Å². The molecule has 1 aromatic carbocycles. The van der Waals surface area contributed by atoms with E-state index in [4.69, 9.17) is 0 Å². The molecule has 0 saturated carbocycles. The molecule has 19 heavy (non-hydrogen) atoms. The van der Waals surface area contributed by atoms with Gasteiger partial charge in [-0.2, -0.15) is 17.4 Å². The van der Waals surface area contributed by atoms with Gasteiger partial charge in [-0.25, -0.2) is 8.78 Å². The lowest BCUT2D eigenvalue weighted by atomic mass is 10.1. The fourth-order valence-electron chi connectivity index (χ4n) is 1.78. The summed E-state index contributed by atoms with van der Waals surface area (Å²) >= 11 is 0. The molecular formula is C12H18F2N2O2S.